The number of hydrogen-bond acceptors (Lipinski definition) is 4. The molecule has 0 aliphatic heterocycles. The van der Waals surface area contributed by atoms with E-state index in [4.69, 9.17) is 9.84 Å². The van der Waals surface area contributed by atoms with Crippen molar-refractivity contribution in [2.24, 2.45) is 0 Å². The van der Waals surface area contributed by atoms with E-state index in [9.17, 15) is 4.79 Å². The van der Waals surface area contributed by atoms with Gasteiger partial charge in [-0.2, -0.15) is 0 Å². The maximum atomic E-state index is 11.6. The van der Waals surface area contributed by atoms with Gasteiger partial charge in [0, 0.05) is 6.20 Å². The van der Waals surface area contributed by atoms with Crippen LogP contribution in [-0.4, -0.2) is 21.8 Å². The number of aliphatic hydroxyl groups excluding tert-OH is 1. The Labute approximate surface area is 113 Å². The maximum Gasteiger partial charge on any atom is 0.412 e. The van der Waals surface area contributed by atoms with Crippen LogP contribution in [0.5, 0.6) is 0 Å². The number of hydrogen-bond donors (Lipinski definition) is 2. The first-order valence-electron chi connectivity index (χ1n) is 5.38. The van der Waals surface area contributed by atoms with Crippen molar-refractivity contribution < 1.29 is 14.6 Å². The fourth-order valence-electron chi connectivity index (χ4n) is 1.20. The predicted octanol–water partition coefficient (Wildman–Crippen LogP) is 2.65. The van der Waals surface area contributed by atoms with E-state index >= 15 is 0 Å². The second-order valence-corrected chi connectivity index (χ2v) is 4.78. The van der Waals surface area contributed by atoms with Crippen LogP contribution in [0.15, 0.2) is 12.3 Å². The molecule has 1 amide bonds. The standard InChI is InChI=1S/C12H18N2O3.ClH/c1-8-6-13-9(7-15)5-10(8)14-11(16)17-12(2,3)4;/h5-6,15H,7H2,1-4H3,(H,13,14,16);1H. The fourth-order valence-corrected chi connectivity index (χ4v) is 1.20. The number of carbonyl (C=O) groups is 1. The highest BCUT2D eigenvalue weighted by molar-refractivity contribution is 5.86. The van der Waals surface area contributed by atoms with Crippen molar-refractivity contribution in [2.45, 2.75) is 39.9 Å². The SMILES string of the molecule is Cc1cnc(CO)cc1NC(=O)OC(C)(C)C.Cl. The number of amides is 1. The van der Waals surface area contributed by atoms with Crippen LogP contribution < -0.4 is 5.32 Å². The Morgan fingerprint density at radius 3 is 2.61 bits per heavy atom. The van der Waals surface area contributed by atoms with Gasteiger partial charge in [0.25, 0.3) is 0 Å². The molecule has 0 atom stereocenters. The van der Waals surface area contributed by atoms with E-state index in [0.29, 0.717) is 11.4 Å². The number of aliphatic hydroxyl groups is 1. The Kier molecular flexibility index (Phi) is 6.08. The minimum Gasteiger partial charge on any atom is -0.444 e. The first-order valence-corrected chi connectivity index (χ1v) is 5.38. The second-order valence-electron chi connectivity index (χ2n) is 4.78. The first-order chi connectivity index (χ1) is 7.81. The van der Waals surface area contributed by atoms with Gasteiger partial charge in [-0.1, -0.05) is 0 Å². The van der Waals surface area contributed by atoms with Crippen LogP contribution in [0.25, 0.3) is 0 Å². The molecule has 1 aromatic heterocycles. The molecule has 2 N–H and O–H groups in total. The van der Waals surface area contributed by atoms with E-state index in [2.05, 4.69) is 10.3 Å². The Hall–Kier alpha value is -1.33. The summed E-state index contributed by atoms with van der Waals surface area (Å²) in [6, 6.07) is 1.62. The molecule has 18 heavy (non-hydrogen) atoms. The summed E-state index contributed by atoms with van der Waals surface area (Å²) in [5.41, 5.74) is 1.37. The molecule has 1 heterocycles. The molecule has 102 valence electrons. The summed E-state index contributed by atoms with van der Waals surface area (Å²) in [6.07, 6.45) is 1.08. The van der Waals surface area contributed by atoms with Gasteiger partial charge in [0.15, 0.2) is 0 Å². The number of ether oxygens (including phenoxy) is 1. The molecule has 6 heteroatoms. The summed E-state index contributed by atoms with van der Waals surface area (Å²) in [5, 5.41) is 11.6. The zero-order valence-electron chi connectivity index (χ0n) is 11.0. The van der Waals surface area contributed by atoms with Crippen LogP contribution in [0.1, 0.15) is 32.0 Å². The molecule has 5 nitrogen and oxygen atoms in total. The molecule has 0 radical (unpaired) electrons. The maximum absolute atomic E-state index is 11.6. The lowest BCUT2D eigenvalue weighted by Crippen LogP contribution is -2.27. The summed E-state index contributed by atoms with van der Waals surface area (Å²) in [6.45, 7) is 7.05. The number of carbonyl (C=O) groups excluding carboxylic acids is 1. The van der Waals surface area contributed by atoms with Crippen molar-refractivity contribution in [1.29, 1.82) is 0 Å². The number of halogens is 1. The summed E-state index contributed by atoms with van der Waals surface area (Å²) in [4.78, 5) is 15.6. The molecule has 0 aliphatic carbocycles. The number of anilines is 1. The van der Waals surface area contributed by atoms with Crippen LogP contribution in [0.3, 0.4) is 0 Å². The van der Waals surface area contributed by atoms with E-state index in [1.807, 2.05) is 6.92 Å². The van der Waals surface area contributed by atoms with Crippen LogP contribution >= 0.6 is 12.4 Å². The molecule has 1 aromatic rings. The van der Waals surface area contributed by atoms with Gasteiger partial charge >= 0.3 is 6.09 Å². The van der Waals surface area contributed by atoms with E-state index < -0.39 is 11.7 Å². The molecule has 0 aromatic carbocycles. The molecule has 1 rings (SSSR count). The molecule has 0 bridgehead atoms. The predicted molar refractivity (Wildman–Crippen MR) is 72.0 cm³/mol. The van der Waals surface area contributed by atoms with Gasteiger partial charge in [-0.3, -0.25) is 10.3 Å². The van der Waals surface area contributed by atoms with Crippen molar-refractivity contribution >= 4 is 24.2 Å². The zero-order valence-corrected chi connectivity index (χ0v) is 11.8. The highest BCUT2D eigenvalue weighted by Crippen LogP contribution is 2.16. The Balaban J connectivity index is 0.00000289. The van der Waals surface area contributed by atoms with Gasteiger partial charge in [0.05, 0.1) is 18.0 Å². The molecule has 0 unspecified atom stereocenters. The molecular weight excluding hydrogens is 256 g/mol. The van der Waals surface area contributed by atoms with Gasteiger partial charge in [0.2, 0.25) is 0 Å². The number of nitrogens with one attached hydrogen (secondary N) is 1. The van der Waals surface area contributed by atoms with Crippen molar-refractivity contribution in [3.8, 4) is 0 Å². The van der Waals surface area contributed by atoms with E-state index in [-0.39, 0.29) is 19.0 Å². The second kappa shape index (κ2) is 6.56. The number of aromatic nitrogens is 1. The highest BCUT2D eigenvalue weighted by atomic mass is 35.5. The van der Waals surface area contributed by atoms with Crippen molar-refractivity contribution in [3.05, 3.63) is 23.5 Å². The first kappa shape index (κ1) is 16.7. The van der Waals surface area contributed by atoms with Crippen molar-refractivity contribution in [1.82, 2.24) is 4.98 Å². The van der Waals surface area contributed by atoms with Gasteiger partial charge in [-0.05, 0) is 39.3 Å². The minimum absolute atomic E-state index is 0. The monoisotopic (exact) mass is 274 g/mol. The molecule has 0 aliphatic rings. The molecule has 0 saturated carbocycles. The summed E-state index contributed by atoms with van der Waals surface area (Å²) >= 11 is 0. The Morgan fingerprint density at radius 1 is 1.50 bits per heavy atom. The van der Waals surface area contributed by atoms with E-state index in [0.717, 1.165) is 5.56 Å². The smallest absolute Gasteiger partial charge is 0.412 e. The van der Waals surface area contributed by atoms with Crippen LogP contribution in [0.2, 0.25) is 0 Å². The number of nitrogens with zero attached hydrogens (tertiary/aromatic N) is 1. The van der Waals surface area contributed by atoms with Crippen LogP contribution in [-0.2, 0) is 11.3 Å². The Morgan fingerprint density at radius 2 is 2.11 bits per heavy atom. The molecule has 0 fully saturated rings. The third-order valence-corrected chi connectivity index (χ3v) is 1.96. The lowest BCUT2D eigenvalue weighted by atomic mass is 10.2. The fraction of sp³-hybridized carbons (Fsp3) is 0.500. The highest BCUT2D eigenvalue weighted by Gasteiger charge is 2.16. The minimum atomic E-state index is -0.537. The van der Waals surface area contributed by atoms with Crippen molar-refractivity contribution in [3.63, 3.8) is 0 Å². The third-order valence-electron chi connectivity index (χ3n) is 1.96. The third kappa shape index (κ3) is 5.33. The van der Waals surface area contributed by atoms with Crippen molar-refractivity contribution in [2.75, 3.05) is 5.32 Å². The number of aryl methyl sites for hydroxylation is 1. The summed E-state index contributed by atoms with van der Waals surface area (Å²) in [5.74, 6) is 0. The topological polar surface area (TPSA) is 71.5 Å². The average molecular weight is 275 g/mol. The quantitative estimate of drug-likeness (QED) is 0.870. The van der Waals surface area contributed by atoms with Gasteiger partial charge in [-0.15, -0.1) is 12.4 Å². The zero-order chi connectivity index (χ0) is 13.1. The lowest BCUT2D eigenvalue weighted by molar-refractivity contribution is 0.0635. The van der Waals surface area contributed by atoms with E-state index in [1.165, 1.54) is 0 Å². The van der Waals surface area contributed by atoms with Crippen LogP contribution in [0.4, 0.5) is 10.5 Å². The largest absolute Gasteiger partial charge is 0.444 e. The number of pyridine rings is 1. The average Bonchev–Trinajstić information content (AvgIpc) is 2.18. The normalized spacial score (nSPS) is 10.5. The molecule has 0 saturated heterocycles. The summed E-state index contributed by atoms with van der Waals surface area (Å²) < 4.78 is 5.14. The summed E-state index contributed by atoms with van der Waals surface area (Å²) in [7, 11) is 0. The molecule has 0 spiro atoms. The van der Waals surface area contributed by atoms with Gasteiger partial charge in [-0.25, -0.2) is 4.79 Å². The Bertz CT molecular complexity index is 416. The van der Waals surface area contributed by atoms with E-state index in [1.54, 1.807) is 33.0 Å². The van der Waals surface area contributed by atoms with Crippen LogP contribution in [0, 0.1) is 6.92 Å². The molecular formula is C12H19ClN2O3. The number of rotatable bonds is 2. The van der Waals surface area contributed by atoms with Gasteiger partial charge < -0.3 is 9.84 Å². The van der Waals surface area contributed by atoms with Gasteiger partial charge in [0.1, 0.15) is 5.60 Å². The lowest BCUT2D eigenvalue weighted by Gasteiger charge is -2.20.